The molecule has 0 fully saturated rings. The van der Waals surface area contributed by atoms with E-state index in [9.17, 15) is 19.2 Å². The van der Waals surface area contributed by atoms with Crippen molar-refractivity contribution in [2.24, 2.45) is 11.5 Å². The predicted molar refractivity (Wildman–Crippen MR) is 177 cm³/mol. The van der Waals surface area contributed by atoms with Crippen molar-refractivity contribution >= 4 is 23.9 Å². The van der Waals surface area contributed by atoms with Gasteiger partial charge in [-0.15, -0.1) is 0 Å². The van der Waals surface area contributed by atoms with Gasteiger partial charge in [-0.3, -0.25) is 14.9 Å². The molecule has 48 heavy (non-hydrogen) atoms. The maximum atomic E-state index is 13.9. The largest absolute Gasteiger partial charge is 0.461 e. The normalized spacial score (nSPS) is 14.1. The zero-order valence-corrected chi connectivity index (χ0v) is 26.1. The first-order valence-electron chi connectivity index (χ1n) is 15.7. The van der Waals surface area contributed by atoms with Gasteiger partial charge in [0.05, 0.1) is 19.6 Å². The van der Waals surface area contributed by atoms with Crippen LogP contribution in [0.25, 0.3) is 22.3 Å². The van der Waals surface area contributed by atoms with E-state index in [4.69, 9.17) is 25.7 Å². The predicted octanol–water partition coefficient (Wildman–Crippen LogP) is 3.54. The molecule has 11 nitrogen and oxygen atoms in total. The highest BCUT2D eigenvalue weighted by Gasteiger charge is 2.50. The van der Waals surface area contributed by atoms with Crippen LogP contribution in [-0.2, 0) is 28.6 Å². The van der Waals surface area contributed by atoms with E-state index in [0.29, 0.717) is 0 Å². The first kappa shape index (κ1) is 32.4. The van der Waals surface area contributed by atoms with E-state index in [-0.39, 0.29) is 51.2 Å². The standard InChI is InChI=1S/C37H36N4O7/c38-18-20-46-19-17-33(42)40-37(34(39)43,35(44)47-21-31-27-13-5-1-9-23(27)24-10-2-6-14-28(24)31)41-36(45)48-22-32-29-15-7-3-11-25(29)26-12-4-8-16-30(26)32/h1-16,31-32H,17-22,38H2,(H2,39,43)(H,40,42)(H,41,45). The number of amides is 3. The summed E-state index contributed by atoms with van der Waals surface area (Å²) in [7, 11) is 0. The molecule has 3 amide bonds. The molecule has 4 aromatic rings. The van der Waals surface area contributed by atoms with Gasteiger partial charge in [0, 0.05) is 18.4 Å². The number of carbonyl (C=O) groups excluding carboxylic acids is 4. The van der Waals surface area contributed by atoms with Gasteiger partial charge < -0.3 is 31.0 Å². The Labute approximate surface area is 277 Å². The Morgan fingerprint density at radius 1 is 0.625 bits per heavy atom. The monoisotopic (exact) mass is 648 g/mol. The minimum Gasteiger partial charge on any atom is -0.461 e. The third kappa shape index (κ3) is 6.25. The highest BCUT2D eigenvalue weighted by Crippen LogP contribution is 2.45. The minimum atomic E-state index is -2.77. The average Bonchev–Trinajstić information content (AvgIpc) is 3.60. The summed E-state index contributed by atoms with van der Waals surface area (Å²) in [6.45, 7) is 0.103. The fourth-order valence-corrected chi connectivity index (χ4v) is 6.47. The molecule has 0 aliphatic heterocycles. The zero-order valence-electron chi connectivity index (χ0n) is 26.1. The summed E-state index contributed by atoms with van der Waals surface area (Å²) in [4.78, 5) is 53.3. The van der Waals surface area contributed by atoms with E-state index in [1.54, 1.807) is 0 Å². The van der Waals surface area contributed by atoms with E-state index in [2.05, 4.69) is 10.6 Å². The Morgan fingerprint density at radius 3 is 1.50 bits per heavy atom. The molecule has 6 N–H and O–H groups in total. The van der Waals surface area contributed by atoms with Gasteiger partial charge >= 0.3 is 12.1 Å². The zero-order chi connectivity index (χ0) is 33.7. The van der Waals surface area contributed by atoms with Crippen molar-refractivity contribution < 1.29 is 33.4 Å². The van der Waals surface area contributed by atoms with Crippen LogP contribution in [0, 0.1) is 0 Å². The highest BCUT2D eigenvalue weighted by atomic mass is 16.6. The maximum absolute atomic E-state index is 13.9. The summed E-state index contributed by atoms with van der Waals surface area (Å²) in [5.74, 6) is -4.07. The quantitative estimate of drug-likeness (QED) is 0.0738. The van der Waals surface area contributed by atoms with Crippen LogP contribution in [-0.4, -0.2) is 62.5 Å². The topological polar surface area (TPSA) is 172 Å². The Morgan fingerprint density at radius 2 is 1.06 bits per heavy atom. The molecule has 2 aliphatic carbocycles. The van der Waals surface area contributed by atoms with Crippen molar-refractivity contribution in [1.29, 1.82) is 0 Å². The molecule has 0 bridgehead atoms. The summed E-state index contributed by atoms with van der Waals surface area (Å²) in [6, 6.07) is 31.0. The van der Waals surface area contributed by atoms with Gasteiger partial charge in [-0.05, 0) is 44.5 Å². The van der Waals surface area contributed by atoms with E-state index >= 15 is 0 Å². The van der Waals surface area contributed by atoms with Gasteiger partial charge in [0.1, 0.15) is 13.2 Å². The average molecular weight is 649 g/mol. The lowest BCUT2D eigenvalue weighted by molar-refractivity contribution is -0.159. The lowest BCUT2D eigenvalue weighted by Gasteiger charge is -2.30. The van der Waals surface area contributed by atoms with Gasteiger partial charge in [-0.2, -0.15) is 0 Å². The van der Waals surface area contributed by atoms with E-state index in [1.165, 1.54) is 0 Å². The van der Waals surface area contributed by atoms with Crippen molar-refractivity contribution in [3.05, 3.63) is 119 Å². The fourth-order valence-electron chi connectivity index (χ4n) is 6.47. The number of nitrogens with one attached hydrogen (secondary N) is 2. The van der Waals surface area contributed by atoms with Crippen molar-refractivity contribution in [1.82, 2.24) is 10.6 Å². The lowest BCUT2D eigenvalue weighted by Crippen LogP contribution is -2.72. The number of esters is 1. The second-order valence-electron chi connectivity index (χ2n) is 11.6. The van der Waals surface area contributed by atoms with Crippen LogP contribution in [0.5, 0.6) is 0 Å². The summed E-state index contributed by atoms with van der Waals surface area (Å²) >= 11 is 0. The van der Waals surface area contributed by atoms with Gasteiger partial charge in [0.15, 0.2) is 0 Å². The van der Waals surface area contributed by atoms with E-state index < -0.39 is 29.5 Å². The number of hydrogen-bond acceptors (Lipinski definition) is 8. The lowest BCUT2D eigenvalue weighted by atomic mass is 9.98. The molecule has 11 heteroatoms. The Bertz CT molecular complexity index is 1770. The number of hydrogen-bond donors (Lipinski definition) is 4. The number of fused-ring (bicyclic) bond motifs is 6. The van der Waals surface area contributed by atoms with Crippen LogP contribution in [0.4, 0.5) is 4.79 Å². The first-order valence-corrected chi connectivity index (χ1v) is 15.7. The number of ether oxygens (including phenoxy) is 3. The van der Waals surface area contributed by atoms with Crippen LogP contribution in [0.15, 0.2) is 97.1 Å². The number of primary amides is 1. The number of rotatable bonds is 13. The first-order chi connectivity index (χ1) is 23.3. The van der Waals surface area contributed by atoms with Crippen LogP contribution >= 0.6 is 0 Å². The van der Waals surface area contributed by atoms with Gasteiger partial charge in [0.25, 0.3) is 11.6 Å². The molecule has 0 aromatic heterocycles. The SMILES string of the molecule is NCCOCCC(=O)NC(NC(=O)OCC1c2ccccc2-c2ccccc21)(C(N)=O)C(=O)OCC1c2ccccc2-c2ccccc21. The molecule has 246 valence electrons. The molecular formula is C37H36N4O7. The fraction of sp³-hybridized carbons (Fsp3) is 0.243. The summed E-state index contributed by atoms with van der Waals surface area (Å²) < 4.78 is 16.6. The molecule has 4 aromatic carbocycles. The van der Waals surface area contributed by atoms with Gasteiger partial charge in [-0.1, -0.05) is 97.1 Å². The van der Waals surface area contributed by atoms with Crippen LogP contribution in [0.3, 0.4) is 0 Å². The van der Waals surface area contributed by atoms with Crippen molar-refractivity contribution in [2.75, 3.05) is 33.0 Å². The molecule has 1 unspecified atom stereocenters. The Hall–Kier alpha value is -5.52. The van der Waals surface area contributed by atoms with Crippen LogP contribution < -0.4 is 22.1 Å². The number of benzene rings is 4. The third-order valence-corrected chi connectivity index (χ3v) is 8.72. The van der Waals surface area contributed by atoms with Gasteiger partial charge in [-0.25, -0.2) is 9.59 Å². The number of nitrogens with two attached hydrogens (primary N) is 2. The Balaban J connectivity index is 1.22. The maximum Gasteiger partial charge on any atom is 0.409 e. The van der Waals surface area contributed by atoms with Gasteiger partial charge in [0.2, 0.25) is 5.91 Å². The molecule has 0 saturated carbocycles. The molecule has 2 aliphatic rings. The minimum absolute atomic E-state index is 0.0481. The summed E-state index contributed by atoms with van der Waals surface area (Å²) in [5.41, 5.74) is 16.3. The molecule has 0 heterocycles. The van der Waals surface area contributed by atoms with Crippen molar-refractivity contribution in [3.63, 3.8) is 0 Å². The van der Waals surface area contributed by atoms with Crippen LogP contribution in [0.2, 0.25) is 0 Å². The van der Waals surface area contributed by atoms with E-state index in [1.807, 2.05) is 97.1 Å². The van der Waals surface area contributed by atoms with Crippen molar-refractivity contribution in [2.45, 2.75) is 23.9 Å². The molecular weight excluding hydrogens is 612 g/mol. The molecule has 1 atom stereocenters. The second-order valence-corrected chi connectivity index (χ2v) is 11.6. The van der Waals surface area contributed by atoms with Crippen molar-refractivity contribution in [3.8, 4) is 22.3 Å². The smallest absolute Gasteiger partial charge is 0.409 e. The number of alkyl carbamates (subject to hydrolysis) is 1. The summed E-state index contributed by atoms with van der Waals surface area (Å²) in [5, 5.41) is 4.54. The second kappa shape index (κ2) is 14.1. The third-order valence-electron chi connectivity index (χ3n) is 8.72. The highest BCUT2D eigenvalue weighted by molar-refractivity contribution is 6.11. The number of carbonyl (C=O) groups is 4. The molecule has 6 rings (SSSR count). The summed E-state index contributed by atoms with van der Waals surface area (Å²) in [6.07, 6.45) is -1.40. The molecule has 0 spiro atoms. The molecule has 0 saturated heterocycles. The van der Waals surface area contributed by atoms with Crippen LogP contribution in [0.1, 0.15) is 40.5 Å². The molecule has 0 radical (unpaired) electrons. The van der Waals surface area contributed by atoms with E-state index in [0.717, 1.165) is 44.5 Å². The Kier molecular flexibility index (Phi) is 9.51.